The zero-order valence-electron chi connectivity index (χ0n) is 10.2. The van der Waals surface area contributed by atoms with E-state index in [2.05, 4.69) is 10.3 Å². The minimum absolute atomic E-state index is 0.137. The third-order valence-corrected chi connectivity index (χ3v) is 2.94. The molecule has 0 fully saturated rings. The average Bonchev–Trinajstić information content (AvgIpc) is 2.45. The lowest BCUT2D eigenvalue weighted by molar-refractivity contribution is 0.601. The largest absolute Gasteiger partial charge is 0.399 e. The SMILES string of the molecule is Nc1ccc(Cn2nnc3ccccc3c2=O)cc1. The number of rotatable bonds is 2. The van der Waals surface area contributed by atoms with Crippen LogP contribution in [0.4, 0.5) is 5.69 Å². The van der Waals surface area contributed by atoms with Crippen molar-refractivity contribution in [3.63, 3.8) is 0 Å². The van der Waals surface area contributed by atoms with Crippen LogP contribution in [0.3, 0.4) is 0 Å². The van der Waals surface area contributed by atoms with E-state index < -0.39 is 0 Å². The first kappa shape index (κ1) is 11.4. The van der Waals surface area contributed by atoms with Crippen LogP contribution in [0, 0.1) is 0 Å². The molecule has 0 amide bonds. The molecule has 0 aliphatic rings. The zero-order chi connectivity index (χ0) is 13.2. The summed E-state index contributed by atoms with van der Waals surface area (Å²) in [5.74, 6) is 0. The predicted molar refractivity (Wildman–Crippen MR) is 73.8 cm³/mol. The van der Waals surface area contributed by atoms with Crippen molar-refractivity contribution in [1.82, 2.24) is 15.0 Å². The Hall–Kier alpha value is -2.69. The van der Waals surface area contributed by atoms with Crippen LogP contribution in [0.5, 0.6) is 0 Å². The minimum Gasteiger partial charge on any atom is -0.399 e. The fourth-order valence-corrected chi connectivity index (χ4v) is 1.92. The van der Waals surface area contributed by atoms with Gasteiger partial charge in [0.25, 0.3) is 5.56 Å². The van der Waals surface area contributed by atoms with Gasteiger partial charge in [-0.05, 0) is 29.8 Å². The van der Waals surface area contributed by atoms with Crippen LogP contribution >= 0.6 is 0 Å². The van der Waals surface area contributed by atoms with Gasteiger partial charge >= 0.3 is 0 Å². The van der Waals surface area contributed by atoms with Crippen LogP contribution in [0.1, 0.15) is 5.56 Å². The molecule has 3 rings (SSSR count). The number of nitrogens with two attached hydrogens (primary N) is 1. The molecule has 1 aromatic heterocycles. The van der Waals surface area contributed by atoms with Crippen LogP contribution in [0.25, 0.3) is 10.9 Å². The quantitative estimate of drug-likeness (QED) is 0.700. The number of hydrogen-bond donors (Lipinski definition) is 1. The topological polar surface area (TPSA) is 73.8 Å². The molecule has 2 aromatic carbocycles. The molecule has 94 valence electrons. The Morgan fingerprint density at radius 1 is 1.05 bits per heavy atom. The van der Waals surface area contributed by atoms with E-state index in [9.17, 15) is 4.79 Å². The molecule has 0 aliphatic heterocycles. The molecule has 19 heavy (non-hydrogen) atoms. The Bertz CT molecular complexity index is 777. The normalized spacial score (nSPS) is 10.7. The van der Waals surface area contributed by atoms with E-state index in [1.807, 2.05) is 24.3 Å². The molecular weight excluding hydrogens is 240 g/mol. The smallest absolute Gasteiger partial charge is 0.277 e. The number of nitrogens with zero attached hydrogens (tertiary/aromatic N) is 3. The van der Waals surface area contributed by atoms with Gasteiger partial charge in [0.05, 0.1) is 11.9 Å². The molecule has 5 heteroatoms. The number of fused-ring (bicyclic) bond motifs is 1. The number of nitrogen functional groups attached to an aromatic ring is 1. The van der Waals surface area contributed by atoms with Gasteiger partial charge < -0.3 is 5.73 Å². The van der Waals surface area contributed by atoms with E-state index in [4.69, 9.17) is 5.73 Å². The highest BCUT2D eigenvalue weighted by Gasteiger charge is 2.05. The Balaban J connectivity index is 2.04. The molecule has 0 saturated heterocycles. The summed E-state index contributed by atoms with van der Waals surface area (Å²) in [7, 11) is 0. The molecule has 3 aromatic rings. The monoisotopic (exact) mass is 252 g/mol. The van der Waals surface area contributed by atoms with E-state index >= 15 is 0 Å². The molecule has 0 bridgehead atoms. The van der Waals surface area contributed by atoms with Crippen molar-refractivity contribution in [2.75, 3.05) is 5.73 Å². The number of hydrogen-bond acceptors (Lipinski definition) is 4. The van der Waals surface area contributed by atoms with Crippen LogP contribution in [0.2, 0.25) is 0 Å². The minimum atomic E-state index is -0.137. The molecule has 0 radical (unpaired) electrons. The lowest BCUT2D eigenvalue weighted by Crippen LogP contribution is -2.24. The van der Waals surface area contributed by atoms with Gasteiger partial charge in [0.2, 0.25) is 0 Å². The summed E-state index contributed by atoms with van der Waals surface area (Å²) in [6, 6.07) is 14.5. The summed E-state index contributed by atoms with van der Waals surface area (Å²) >= 11 is 0. The first-order valence-corrected chi connectivity index (χ1v) is 5.91. The molecule has 0 saturated carbocycles. The number of anilines is 1. The maximum Gasteiger partial charge on any atom is 0.277 e. The number of benzene rings is 2. The third-order valence-electron chi connectivity index (χ3n) is 2.94. The standard InChI is InChI=1S/C14H12N4O/c15-11-7-5-10(6-8-11)9-18-14(19)12-3-1-2-4-13(12)16-17-18/h1-8H,9,15H2. The fraction of sp³-hybridized carbons (Fsp3) is 0.0714. The third kappa shape index (κ3) is 2.18. The lowest BCUT2D eigenvalue weighted by atomic mass is 10.2. The molecule has 2 N–H and O–H groups in total. The summed E-state index contributed by atoms with van der Waals surface area (Å²) in [5, 5.41) is 8.57. The molecule has 1 heterocycles. The molecule has 0 spiro atoms. The second kappa shape index (κ2) is 4.53. The van der Waals surface area contributed by atoms with Gasteiger partial charge in [-0.15, -0.1) is 5.10 Å². The maximum atomic E-state index is 12.2. The molecular formula is C14H12N4O. The summed E-state index contributed by atoms with van der Waals surface area (Å²) in [4.78, 5) is 12.2. The zero-order valence-corrected chi connectivity index (χ0v) is 10.2. The average molecular weight is 252 g/mol. The van der Waals surface area contributed by atoms with Gasteiger partial charge in [-0.25, -0.2) is 4.68 Å². The molecule has 0 aliphatic carbocycles. The maximum absolute atomic E-state index is 12.2. The van der Waals surface area contributed by atoms with Crippen LogP contribution in [-0.2, 0) is 6.54 Å². The van der Waals surface area contributed by atoms with Gasteiger partial charge in [0, 0.05) is 5.69 Å². The van der Waals surface area contributed by atoms with E-state index in [1.54, 1.807) is 24.3 Å². The summed E-state index contributed by atoms with van der Waals surface area (Å²) in [6.45, 7) is 0.386. The van der Waals surface area contributed by atoms with Gasteiger partial charge in [-0.1, -0.05) is 29.5 Å². The van der Waals surface area contributed by atoms with Gasteiger partial charge in [-0.3, -0.25) is 4.79 Å². The predicted octanol–water partition coefficient (Wildman–Crippen LogP) is 1.42. The molecule has 0 unspecified atom stereocenters. The highest BCUT2D eigenvalue weighted by atomic mass is 16.1. The van der Waals surface area contributed by atoms with E-state index in [0.717, 1.165) is 5.56 Å². The van der Waals surface area contributed by atoms with Crippen molar-refractivity contribution in [2.24, 2.45) is 0 Å². The van der Waals surface area contributed by atoms with Crippen LogP contribution in [0.15, 0.2) is 53.3 Å². The van der Waals surface area contributed by atoms with Gasteiger partial charge in [0.1, 0.15) is 5.52 Å². The van der Waals surface area contributed by atoms with E-state index in [-0.39, 0.29) is 5.56 Å². The summed E-state index contributed by atoms with van der Waals surface area (Å²) < 4.78 is 1.36. The van der Waals surface area contributed by atoms with Crippen LogP contribution < -0.4 is 11.3 Å². The van der Waals surface area contributed by atoms with E-state index in [1.165, 1.54) is 4.68 Å². The summed E-state index contributed by atoms with van der Waals surface area (Å²) in [5.41, 5.74) is 7.76. The first-order chi connectivity index (χ1) is 9.24. The van der Waals surface area contributed by atoms with Gasteiger partial charge in [0.15, 0.2) is 0 Å². The van der Waals surface area contributed by atoms with Crippen molar-refractivity contribution < 1.29 is 0 Å². The van der Waals surface area contributed by atoms with Gasteiger partial charge in [-0.2, -0.15) is 0 Å². The van der Waals surface area contributed by atoms with Crippen molar-refractivity contribution >= 4 is 16.6 Å². The van der Waals surface area contributed by atoms with Crippen molar-refractivity contribution in [2.45, 2.75) is 6.54 Å². The first-order valence-electron chi connectivity index (χ1n) is 5.91. The van der Waals surface area contributed by atoms with Crippen molar-refractivity contribution in [3.8, 4) is 0 Å². The van der Waals surface area contributed by atoms with Crippen molar-refractivity contribution in [1.29, 1.82) is 0 Å². The Kier molecular flexibility index (Phi) is 2.72. The summed E-state index contributed by atoms with van der Waals surface area (Å²) in [6.07, 6.45) is 0. The van der Waals surface area contributed by atoms with Crippen LogP contribution in [-0.4, -0.2) is 15.0 Å². The Labute approximate surface area is 109 Å². The molecule has 0 atom stereocenters. The fourth-order valence-electron chi connectivity index (χ4n) is 1.92. The van der Waals surface area contributed by atoms with Crippen molar-refractivity contribution in [3.05, 3.63) is 64.4 Å². The second-order valence-corrected chi connectivity index (χ2v) is 4.31. The van der Waals surface area contributed by atoms with E-state index in [0.29, 0.717) is 23.1 Å². The Morgan fingerprint density at radius 3 is 2.58 bits per heavy atom. The number of aromatic nitrogens is 3. The molecule has 5 nitrogen and oxygen atoms in total. The Morgan fingerprint density at radius 2 is 1.79 bits per heavy atom. The lowest BCUT2D eigenvalue weighted by Gasteiger charge is -2.05. The second-order valence-electron chi connectivity index (χ2n) is 4.31. The highest BCUT2D eigenvalue weighted by molar-refractivity contribution is 5.76. The highest BCUT2D eigenvalue weighted by Crippen LogP contribution is 2.07.